The first-order valence-corrected chi connectivity index (χ1v) is 7.46. The van der Waals surface area contributed by atoms with E-state index in [1.54, 1.807) is 0 Å². The molecule has 1 aromatic rings. The highest BCUT2D eigenvalue weighted by Crippen LogP contribution is 2.42. The van der Waals surface area contributed by atoms with Crippen LogP contribution in [-0.4, -0.2) is 24.2 Å². The van der Waals surface area contributed by atoms with E-state index in [1.807, 2.05) is 24.3 Å². The van der Waals surface area contributed by atoms with Crippen LogP contribution in [0.1, 0.15) is 39.0 Å². The summed E-state index contributed by atoms with van der Waals surface area (Å²) in [5.41, 5.74) is 1.93. The van der Waals surface area contributed by atoms with E-state index >= 15 is 0 Å². The lowest BCUT2D eigenvalue weighted by atomic mass is 9.94. The zero-order valence-electron chi connectivity index (χ0n) is 11.9. The Morgan fingerprint density at radius 1 is 1.30 bits per heavy atom. The zero-order valence-corrected chi connectivity index (χ0v) is 11.9. The average molecular weight is 274 g/mol. The molecule has 2 unspecified atom stereocenters. The van der Waals surface area contributed by atoms with Crippen LogP contribution in [0.2, 0.25) is 0 Å². The van der Waals surface area contributed by atoms with Crippen molar-refractivity contribution in [2.24, 2.45) is 0 Å². The summed E-state index contributed by atoms with van der Waals surface area (Å²) < 4.78 is 6.05. The Bertz CT molecular complexity index is 489. The van der Waals surface area contributed by atoms with E-state index in [0.29, 0.717) is 6.04 Å². The topological polar surface area (TPSA) is 50.4 Å². The molecule has 1 spiro atoms. The molecule has 2 atom stereocenters. The molecule has 1 aliphatic carbocycles. The van der Waals surface area contributed by atoms with Gasteiger partial charge in [0.1, 0.15) is 0 Å². The molecular weight excluding hydrogens is 252 g/mol. The van der Waals surface area contributed by atoms with Crippen molar-refractivity contribution >= 4 is 17.3 Å². The smallest absolute Gasteiger partial charge is 0.221 e. The lowest BCUT2D eigenvalue weighted by Gasteiger charge is -2.31. The SMILES string of the molecule is CC(=O)Nc1cccc(NC2CCCC23CCCO3)c1. The number of anilines is 2. The Kier molecular flexibility index (Phi) is 3.66. The number of amides is 1. The van der Waals surface area contributed by atoms with Crippen LogP contribution >= 0.6 is 0 Å². The molecule has 1 aromatic carbocycles. The summed E-state index contributed by atoms with van der Waals surface area (Å²) in [7, 11) is 0. The molecule has 2 N–H and O–H groups in total. The van der Waals surface area contributed by atoms with E-state index in [1.165, 1.54) is 19.8 Å². The lowest BCUT2D eigenvalue weighted by Crippen LogP contribution is -2.41. The predicted molar refractivity (Wildman–Crippen MR) is 79.9 cm³/mol. The molecule has 0 radical (unpaired) electrons. The van der Waals surface area contributed by atoms with E-state index in [0.717, 1.165) is 37.2 Å². The minimum Gasteiger partial charge on any atom is -0.379 e. The average Bonchev–Trinajstić information content (AvgIpc) is 3.01. The van der Waals surface area contributed by atoms with Crippen LogP contribution in [0.4, 0.5) is 11.4 Å². The lowest BCUT2D eigenvalue weighted by molar-refractivity contribution is -0.114. The van der Waals surface area contributed by atoms with Crippen LogP contribution in [0.25, 0.3) is 0 Å². The Morgan fingerprint density at radius 2 is 2.10 bits per heavy atom. The zero-order chi connectivity index (χ0) is 14.0. The number of benzene rings is 1. The molecule has 1 heterocycles. The number of carbonyl (C=O) groups is 1. The number of hydrogen-bond donors (Lipinski definition) is 2. The van der Waals surface area contributed by atoms with Gasteiger partial charge < -0.3 is 15.4 Å². The first-order valence-electron chi connectivity index (χ1n) is 7.46. The minimum atomic E-state index is -0.0430. The van der Waals surface area contributed by atoms with E-state index in [2.05, 4.69) is 10.6 Å². The van der Waals surface area contributed by atoms with Crippen LogP contribution < -0.4 is 10.6 Å². The normalized spacial score (nSPS) is 28.8. The second-order valence-corrected chi connectivity index (χ2v) is 5.87. The van der Waals surface area contributed by atoms with Crippen molar-refractivity contribution < 1.29 is 9.53 Å². The predicted octanol–water partition coefficient (Wildman–Crippen LogP) is 3.16. The number of nitrogens with one attached hydrogen (secondary N) is 2. The number of carbonyl (C=O) groups excluding carboxylic acids is 1. The summed E-state index contributed by atoms with van der Waals surface area (Å²) in [6.07, 6.45) is 5.88. The molecule has 4 nitrogen and oxygen atoms in total. The van der Waals surface area contributed by atoms with E-state index in [-0.39, 0.29) is 11.5 Å². The molecule has 108 valence electrons. The number of rotatable bonds is 3. The van der Waals surface area contributed by atoms with Crippen LogP contribution in [0.5, 0.6) is 0 Å². The van der Waals surface area contributed by atoms with Crippen molar-refractivity contribution in [1.82, 2.24) is 0 Å². The van der Waals surface area contributed by atoms with Gasteiger partial charge in [-0.2, -0.15) is 0 Å². The summed E-state index contributed by atoms with van der Waals surface area (Å²) >= 11 is 0. The van der Waals surface area contributed by atoms with Crippen molar-refractivity contribution in [3.8, 4) is 0 Å². The van der Waals surface area contributed by atoms with Crippen molar-refractivity contribution in [3.05, 3.63) is 24.3 Å². The fraction of sp³-hybridized carbons (Fsp3) is 0.562. The molecule has 1 amide bonds. The van der Waals surface area contributed by atoms with Gasteiger partial charge in [-0.05, 0) is 50.3 Å². The maximum Gasteiger partial charge on any atom is 0.221 e. The summed E-state index contributed by atoms with van der Waals surface area (Å²) in [6.45, 7) is 2.42. The van der Waals surface area contributed by atoms with Crippen molar-refractivity contribution in [2.45, 2.75) is 50.7 Å². The van der Waals surface area contributed by atoms with Crippen LogP contribution in [-0.2, 0) is 9.53 Å². The summed E-state index contributed by atoms with van der Waals surface area (Å²) in [6, 6.07) is 8.29. The molecule has 0 bridgehead atoms. The van der Waals surface area contributed by atoms with Crippen molar-refractivity contribution in [3.63, 3.8) is 0 Å². The highest BCUT2D eigenvalue weighted by Gasteiger charge is 2.46. The van der Waals surface area contributed by atoms with Gasteiger partial charge in [-0.3, -0.25) is 4.79 Å². The van der Waals surface area contributed by atoms with Crippen LogP contribution in [0.15, 0.2) is 24.3 Å². The molecule has 1 saturated carbocycles. The molecular formula is C16H22N2O2. The van der Waals surface area contributed by atoms with E-state index in [4.69, 9.17) is 4.74 Å². The monoisotopic (exact) mass is 274 g/mol. The quantitative estimate of drug-likeness (QED) is 0.890. The molecule has 20 heavy (non-hydrogen) atoms. The van der Waals surface area contributed by atoms with Gasteiger partial charge >= 0.3 is 0 Å². The second kappa shape index (κ2) is 5.44. The van der Waals surface area contributed by atoms with E-state index in [9.17, 15) is 4.79 Å². The maximum atomic E-state index is 11.1. The van der Waals surface area contributed by atoms with Gasteiger partial charge in [0.05, 0.1) is 11.6 Å². The second-order valence-electron chi connectivity index (χ2n) is 5.87. The van der Waals surface area contributed by atoms with Gasteiger partial charge in [0.25, 0.3) is 0 Å². The summed E-state index contributed by atoms with van der Waals surface area (Å²) in [4.78, 5) is 11.1. The van der Waals surface area contributed by atoms with Gasteiger partial charge in [-0.25, -0.2) is 0 Å². The Labute approximate surface area is 119 Å². The Morgan fingerprint density at radius 3 is 2.85 bits per heavy atom. The standard InChI is InChI=1S/C16H22N2O2/c1-12(19)17-13-5-2-6-14(11-13)18-15-7-3-8-16(15)9-4-10-20-16/h2,5-6,11,15,18H,3-4,7-10H2,1H3,(H,17,19). The molecule has 3 rings (SSSR count). The van der Waals surface area contributed by atoms with E-state index < -0.39 is 0 Å². The van der Waals surface area contributed by atoms with Crippen LogP contribution in [0.3, 0.4) is 0 Å². The molecule has 0 aromatic heterocycles. The third kappa shape index (κ3) is 2.66. The fourth-order valence-electron chi connectivity index (χ4n) is 3.53. The molecule has 4 heteroatoms. The first-order chi connectivity index (χ1) is 9.68. The molecule has 2 fully saturated rings. The largest absolute Gasteiger partial charge is 0.379 e. The van der Waals surface area contributed by atoms with Gasteiger partial charge in [0.2, 0.25) is 5.91 Å². The van der Waals surface area contributed by atoms with Crippen molar-refractivity contribution in [2.75, 3.05) is 17.2 Å². The highest BCUT2D eigenvalue weighted by molar-refractivity contribution is 5.89. The van der Waals surface area contributed by atoms with Gasteiger partial charge in [0.15, 0.2) is 0 Å². The maximum absolute atomic E-state index is 11.1. The summed E-state index contributed by atoms with van der Waals surface area (Å²) in [5.74, 6) is -0.0430. The third-order valence-electron chi connectivity index (χ3n) is 4.39. The highest BCUT2D eigenvalue weighted by atomic mass is 16.5. The number of hydrogen-bond acceptors (Lipinski definition) is 3. The van der Waals surface area contributed by atoms with Crippen molar-refractivity contribution in [1.29, 1.82) is 0 Å². The summed E-state index contributed by atoms with van der Waals surface area (Å²) in [5, 5.41) is 6.43. The first kappa shape index (κ1) is 13.4. The Balaban J connectivity index is 1.72. The van der Waals surface area contributed by atoms with Gasteiger partial charge in [0, 0.05) is 24.9 Å². The molecule has 2 aliphatic rings. The Hall–Kier alpha value is -1.55. The minimum absolute atomic E-state index is 0.0430. The van der Waals surface area contributed by atoms with Crippen LogP contribution in [0, 0.1) is 0 Å². The number of ether oxygens (including phenoxy) is 1. The van der Waals surface area contributed by atoms with Gasteiger partial charge in [-0.1, -0.05) is 6.07 Å². The molecule has 1 saturated heterocycles. The van der Waals surface area contributed by atoms with Gasteiger partial charge in [-0.15, -0.1) is 0 Å². The molecule has 1 aliphatic heterocycles. The third-order valence-corrected chi connectivity index (χ3v) is 4.39. The fourth-order valence-corrected chi connectivity index (χ4v) is 3.53.